The van der Waals surface area contributed by atoms with Gasteiger partial charge in [0.1, 0.15) is 10.7 Å². The second-order valence-corrected chi connectivity index (χ2v) is 6.33. The van der Waals surface area contributed by atoms with Gasteiger partial charge >= 0.3 is 0 Å². The zero-order chi connectivity index (χ0) is 15.2. The highest BCUT2D eigenvalue weighted by Gasteiger charge is 2.23. The van der Waals surface area contributed by atoms with E-state index in [1.54, 1.807) is 11.9 Å². The van der Waals surface area contributed by atoms with Gasteiger partial charge in [0.25, 0.3) is 5.91 Å². The first-order valence-corrected chi connectivity index (χ1v) is 8.30. The van der Waals surface area contributed by atoms with Gasteiger partial charge in [-0.25, -0.2) is 4.98 Å². The maximum Gasteiger partial charge on any atom is 0.267 e. The Balaban J connectivity index is 1.96. The first-order chi connectivity index (χ1) is 10.1. The summed E-state index contributed by atoms with van der Waals surface area (Å²) in [5, 5.41) is 3.87. The van der Waals surface area contributed by atoms with Crippen molar-refractivity contribution in [2.45, 2.75) is 38.7 Å². The standard InChI is InChI=1S/C14H24N4O2S/c1-3-7-16-14-17-12(15)11(21-14)13(19)18(2)9-10-6-4-5-8-20-10/h10H,3-9,15H2,1-2H3,(H,16,17). The predicted octanol–water partition coefficient (Wildman–Crippen LogP) is 2.19. The number of nitrogen functional groups attached to an aromatic ring is 1. The van der Waals surface area contributed by atoms with Crippen LogP contribution in [0.15, 0.2) is 0 Å². The van der Waals surface area contributed by atoms with Crippen molar-refractivity contribution < 1.29 is 9.53 Å². The second kappa shape index (κ2) is 7.61. The molecule has 0 aliphatic carbocycles. The molecule has 1 saturated heterocycles. The van der Waals surface area contributed by atoms with Gasteiger partial charge in [0.05, 0.1) is 6.10 Å². The molecule has 1 aromatic heterocycles. The molecule has 0 saturated carbocycles. The fraction of sp³-hybridized carbons (Fsp3) is 0.714. The zero-order valence-electron chi connectivity index (χ0n) is 12.7. The Kier molecular flexibility index (Phi) is 5.81. The van der Waals surface area contributed by atoms with Crippen molar-refractivity contribution in [2.24, 2.45) is 0 Å². The Bertz CT molecular complexity index is 472. The van der Waals surface area contributed by atoms with Gasteiger partial charge in [-0.1, -0.05) is 18.3 Å². The van der Waals surface area contributed by atoms with Crippen molar-refractivity contribution in [3.63, 3.8) is 0 Å². The quantitative estimate of drug-likeness (QED) is 0.841. The van der Waals surface area contributed by atoms with E-state index in [0.717, 1.165) is 32.4 Å². The molecule has 1 aliphatic rings. The van der Waals surface area contributed by atoms with Gasteiger partial charge in [0.2, 0.25) is 0 Å². The molecular weight excluding hydrogens is 288 g/mol. The lowest BCUT2D eigenvalue weighted by Gasteiger charge is -2.27. The first kappa shape index (κ1) is 16.0. The van der Waals surface area contributed by atoms with E-state index in [0.29, 0.717) is 22.4 Å². The zero-order valence-corrected chi connectivity index (χ0v) is 13.5. The van der Waals surface area contributed by atoms with E-state index in [9.17, 15) is 4.79 Å². The minimum atomic E-state index is -0.0799. The number of anilines is 2. The van der Waals surface area contributed by atoms with Crippen LogP contribution in [0.2, 0.25) is 0 Å². The maximum atomic E-state index is 12.5. The Morgan fingerprint density at radius 3 is 3.05 bits per heavy atom. The van der Waals surface area contributed by atoms with Crippen LogP contribution < -0.4 is 11.1 Å². The molecule has 0 aromatic carbocycles. The Hall–Kier alpha value is -1.34. The second-order valence-electron chi connectivity index (χ2n) is 5.33. The largest absolute Gasteiger partial charge is 0.382 e. The summed E-state index contributed by atoms with van der Waals surface area (Å²) >= 11 is 1.32. The van der Waals surface area contributed by atoms with Crippen LogP contribution in [0.5, 0.6) is 0 Å². The molecule has 1 atom stereocenters. The highest BCUT2D eigenvalue weighted by molar-refractivity contribution is 7.18. The summed E-state index contributed by atoms with van der Waals surface area (Å²) in [5.41, 5.74) is 5.87. The number of likely N-dealkylation sites (N-methyl/N-ethyl adjacent to an activating group) is 1. The fourth-order valence-corrected chi connectivity index (χ4v) is 3.21. The topological polar surface area (TPSA) is 80.5 Å². The third-order valence-corrected chi connectivity index (χ3v) is 4.49. The monoisotopic (exact) mass is 312 g/mol. The summed E-state index contributed by atoms with van der Waals surface area (Å²) in [6.07, 6.45) is 4.43. The molecule has 3 N–H and O–H groups in total. The number of carbonyl (C=O) groups excluding carboxylic acids is 1. The van der Waals surface area contributed by atoms with Gasteiger partial charge in [-0.3, -0.25) is 4.79 Å². The van der Waals surface area contributed by atoms with E-state index in [2.05, 4.69) is 17.2 Å². The normalized spacial score (nSPS) is 18.5. The number of amides is 1. The van der Waals surface area contributed by atoms with Crippen LogP contribution in [-0.4, -0.2) is 48.6 Å². The number of nitrogens with zero attached hydrogens (tertiary/aromatic N) is 2. The van der Waals surface area contributed by atoms with Crippen LogP contribution >= 0.6 is 11.3 Å². The molecular formula is C14H24N4O2S. The van der Waals surface area contributed by atoms with E-state index >= 15 is 0 Å². The van der Waals surface area contributed by atoms with Crippen molar-refractivity contribution in [3.05, 3.63) is 4.88 Å². The lowest BCUT2D eigenvalue weighted by atomic mass is 10.1. The lowest BCUT2D eigenvalue weighted by Crippen LogP contribution is -2.37. The van der Waals surface area contributed by atoms with Crippen LogP contribution in [0.1, 0.15) is 42.3 Å². The molecule has 1 unspecified atom stereocenters. The maximum absolute atomic E-state index is 12.5. The van der Waals surface area contributed by atoms with Crippen molar-refractivity contribution >= 4 is 28.2 Å². The number of thiazole rings is 1. The van der Waals surface area contributed by atoms with Crippen LogP contribution in [0.25, 0.3) is 0 Å². The molecule has 1 amide bonds. The van der Waals surface area contributed by atoms with E-state index in [4.69, 9.17) is 10.5 Å². The lowest BCUT2D eigenvalue weighted by molar-refractivity contribution is -0.0000881. The molecule has 1 aromatic rings. The van der Waals surface area contributed by atoms with Gasteiger partial charge < -0.3 is 20.7 Å². The SMILES string of the molecule is CCCNc1nc(N)c(C(=O)N(C)CC2CCCCO2)s1. The molecule has 118 valence electrons. The molecule has 0 bridgehead atoms. The highest BCUT2D eigenvalue weighted by Crippen LogP contribution is 2.26. The number of rotatable bonds is 6. The molecule has 1 fully saturated rings. The summed E-state index contributed by atoms with van der Waals surface area (Å²) in [6.45, 7) is 4.30. The van der Waals surface area contributed by atoms with Crippen LogP contribution in [0.3, 0.4) is 0 Å². The van der Waals surface area contributed by atoms with E-state index in [1.165, 1.54) is 17.8 Å². The molecule has 2 rings (SSSR count). The number of hydrogen-bond acceptors (Lipinski definition) is 6. The average Bonchev–Trinajstić information content (AvgIpc) is 2.86. The first-order valence-electron chi connectivity index (χ1n) is 7.49. The predicted molar refractivity (Wildman–Crippen MR) is 85.9 cm³/mol. The molecule has 0 spiro atoms. The van der Waals surface area contributed by atoms with Crippen LogP contribution in [0.4, 0.5) is 10.9 Å². The minimum Gasteiger partial charge on any atom is -0.382 e. The smallest absolute Gasteiger partial charge is 0.267 e. The summed E-state index contributed by atoms with van der Waals surface area (Å²) in [6, 6.07) is 0. The Morgan fingerprint density at radius 1 is 1.57 bits per heavy atom. The van der Waals surface area contributed by atoms with Crippen molar-refractivity contribution in [1.29, 1.82) is 0 Å². The number of aromatic nitrogens is 1. The molecule has 7 heteroatoms. The van der Waals surface area contributed by atoms with Crippen molar-refractivity contribution in [3.8, 4) is 0 Å². The number of carbonyl (C=O) groups is 1. The van der Waals surface area contributed by atoms with E-state index < -0.39 is 0 Å². The van der Waals surface area contributed by atoms with Gasteiger partial charge in [0.15, 0.2) is 5.13 Å². The van der Waals surface area contributed by atoms with E-state index in [1.807, 2.05) is 0 Å². The molecule has 21 heavy (non-hydrogen) atoms. The number of ether oxygens (including phenoxy) is 1. The molecule has 6 nitrogen and oxygen atoms in total. The molecule has 1 aliphatic heterocycles. The third kappa shape index (κ3) is 4.31. The average molecular weight is 312 g/mol. The fourth-order valence-electron chi connectivity index (χ4n) is 2.31. The summed E-state index contributed by atoms with van der Waals surface area (Å²) < 4.78 is 5.67. The van der Waals surface area contributed by atoms with Gasteiger partial charge in [-0.15, -0.1) is 0 Å². The Labute approximate surface area is 129 Å². The summed E-state index contributed by atoms with van der Waals surface area (Å²) in [5.74, 6) is 0.226. The summed E-state index contributed by atoms with van der Waals surface area (Å²) in [4.78, 5) is 18.9. The van der Waals surface area contributed by atoms with Crippen LogP contribution in [0, 0.1) is 0 Å². The van der Waals surface area contributed by atoms with E-state index in [-0.39, 0.29) is 12.0 Å². The van der Waals surface area contributed by atoms with Crippen molar-refractivity contribution in [2.75, 3.05) is 37.8 Å². The van der Waals surface area contributed by atoms with Gasteiger partial charge in [-0.05, 0) is 25.7 Å². The number of nitrogens with one attached hydrogen (secondary N) is 1. The van der Waals surface area contributed by atoms with Crippen LogP contribution in [-0.2, 0) is 4.74 Å². The third-order valence-electron chi connectivity index (χ3n) is 3.47. The summed E-state index contributed by atoms with van der Waals surface area (Å²) in [7, 11) is 1.79. The number of nitrogens with two attached hydrogens (primary N) is 1. The van der Waals surface area contributed by atoms with Gasteiger partial charge in [-0.2, -0.15) is 0 Å². The Morgan fingerprint density at radius 2 is 2.38 bits per heavy atom. The minimum absolute atomic E-state index is 0.0799. The molecule has 2 heterocycles. The highest BCUT2D eigenvalue weighted by atomic mass is 32.1. The number of hydrogen-bond donors (Lipinski definition) is 2. The van der Waals surface area contributed by atoms with Gasteiger partial charge in [0, 0.05) is 26.7 Å². The molecule has 0 radical (unpaired) electrons. The van der Waals surface area contributed by atoms with Crippen molar-refractivity contribution in [1.82, 2.24) is 9.88 Å².